The van der Waals surface area contributed by atoms with Crippen molar-refractivity contribution in [1.29, 1.82) is 0 Å². The van der Waals surface area contributed by atoms with Gasteiger partial charge < -0.3 is 10.5 Å². The van der Waals surface area contributed by atoms with Crippen LogP contribution >= 0.6 is 11.3 Å². The van der Waals surface area contributed by atoms with Crippen LogP contribution in [-0.2, 0) is 4.74 Å². The molecule has 2 rings (SSSR count). The molecule has 3 heteroatoms. The van der Waals surface area contributed by atoms with E-state index in [1.165, 1.54) is 15.3 Å². The summed E-state index contributed by atoms with van der Waals surface area (Å²) in [5.74, 6) is 0. The molecular formula is C10H15NOS. The molecule has 0 radical (unpaired) electrons. The standard InChI is InChI=1S/C10H15NOS/c1-6-5-8(7(2)13-6)10-9(11)3-4-12-10/h5,9-10H,3-4,11H2,1-2H3. The van der Waals surface area contributed by atoms with Gasteiger partial charge in [0.2, 0.25) is 0 Å². The van der Waals surface area contributed by atoms with E-state index in [1.807, 2.05) is 11.3 Å². The molecule has 0 aromatic carbocycles. The van der Waals surface area contributed by atoms with Gasteiger partial charge in [0.1, 0.15) is 0 Å². The van der Waals surface area contributed by atoms with Crippen molar-refractivity contribution in [3.05, 3.63) is 21.4 Å². The van der Waals surface area contributed by atoms with Gasteiger partial charge in [0.05, 0.1) is 6.10 Å². The molecule has 2 unspecified atom stereocenters. The van der Waals surface area contributed by atoms with Crippen molar-refractivity contribution in [3.8, 4) is 0 Å². The maximum atomic E-state index is 5.97. The summed E-state index contributed by atoms with van der Waals surface area (Å²) in [4.78, 5) is 2.69. The number of ether oxygens (including phenoxy) is 1. The van der Waals surface area contributed by atoms with Crippen molar-refractivity contribution >= 4 is 11.3 Å². The second-order valence-electron chi connectivity index (χ2n) is 3.61. The fourth-order valence-corrected chi connectivity index (χ4v) is 2.82. The minimum absolute atomic E-state index is 0.143. The zero-order valence-electron chi connectivity index (χ0n) is 8.04. The van der Waals surface area contributed by atoms with Gasteiger partial charge in [-0.1, -0.05) is 0 Å². The highest BCUT2D eigenvalue weighted by Crippen LogP contribution is 2.33. The number of nitrogens with two attached hydrogens (primary N) is 1. The molecule has 0 bridgehead atoms. The molecule has 0 aliphatic carbocycles. The Morgan fingerprint density at radius 2 is 2.31 bits per heavy atom. The summed E-state index contributed by atoms with van der Waals surface area (Å²) in [5.41, 5.74) is 7.27. The Balaban J connectivity index is 2.28. The van der Waals surface area contributed by atoms with Crippen LogP contribution in [0, 0.1) is 13.8 Å². The zero-order valence-corrected chi connectivity index (χ0v) is 8.86. The van der Waals surface area contributed by atoms with Crippen molar-refractivity contribution < 1.29 is 4.74 Å². The molecular weight excluding hydrogens is 182 g/mol. The third-order valence-corrected chi connectivity index (χ3v) is 3.51. The smallest absolute Gasteiger partial charge is 0.0987 e. The maximum Gasteiger partial charge on any atom is 0.0987 e. The first-order valence-corrected chi connectivity index (χ1v) is 5.44. The molecule has 0 saturated carbocycles. The van der Waals surface area contributed by atoms with Gasteiger partial charge in [-0.2, -0.15) is 0 Å². The van der Waals surface area contributed by atoms with Crippen LogP contribution in [0.2, 0.25) is 0 Å². The van der Waals surface area contributed by atoms with Crippen molar-refractivity contribution in [3.63, 3.8) is 0 Å². The molecule has 2 heterocycles. The maximum absolute atomic E-state index is 5.97. The zero-order chi connectivity index (χ0) is 9.42. The molecule has 2 nitrogen and oxygen atoms in total. The van der Waals surface area contributed by atoms with Gasteiger partial charge in [-0.3, -0.25) is 0 Å². The summed E-state index contributed by atoms with van der Waals surface area (Å²) in [6, 6.07) is 2.39. The molecule has 1 fully saturated rings. The van der Waals surface area contributed by atoms with E-state index < -0.39 is 0 Å². The minimum Gasteiger partial charge on any atom is -0.372 e. The Bertz CT molecular complexity index is 308. The Labute approximate surface area is 82.7 Å². The van der Waals surface area contributed by atoms with Crippen molar-refractivity contribution in [2.75, 3.05) is 6.61 Å². The van der Waals surface area contributed by atoms with Gasteiger partial charge >= 0.3 is 0 Å². The normalized spacial score (nSPS) is 28.2. The Morgan fingerprint density at radius 3 is 2.77 bits per heavy atom. The molecule has 13 heavy (non-hydrogen) atoms. The lowest BCUT2D eigenvalue weighted by atomic mass is 10.0. The summed E-state index contributed by atoms with van der Waals surface area (Å²) >= 11 is 1.82. The summed E-state index contributed by atoms with van der Waals surface area (Å²) < 4.78 is 5.63. The lowest BCUT2D eigenvalue weighted by Crippen LogP contribution is -2.23. The summed E-state index contributed by atoms with van der Waals surface area (Å²) in [7, 11) is 0. The van der Waals surface area contributed by atoms with E-state index in [0.29, 0.717) is 0 Å². The first kappa shape index (κ1) is 9.19. The molecule has 2 atom stereocenters. The number of rotatable bonds is 1. The molecule has 1 aliphatic heterocycles. The van der Waals surface area contributed by atoms with Crippen LogP contribution in [-0.4, -0.2) is 12.6 Å². The predicted octanol–water partition coefficient (Wildman–Crippen LogP) is 2.15. The van der Waals surface area contributed by atoms with Gasteiger partial charge in [0.15, 0.2) is 0 Å². The fourth-order valence-electron chi connectivity index (χ4n) is 1.86. The topological polar surface area (TPSA) is 35.2 Å². The van der Waals surface area contributed by atoms with Gasteiger partial charge in [0, 0.05) is 22.4 Å². The van der Waals surface area contributed by atoms with Crippen LogP contribution < -0.4 is 5.73 Å². The molecule has 2 N–H and O–H groups in total. The lowest BCUT2D eigenvalue weighted by molar-refractivity contribution is 0.105. The van der Waals surface area contributed by atoms with Crippen LogP contribution in [0.1, 0.15) is 27.8 Å². The Kier molecular flexibility index (Phi) is 2.41. The second-order valence-corrected chi connectivity index (χ2v) is 5.07. The second kappa shape index (κ2) is 3.40. The van der Waals surface area contributed by atoms with E-state index >= 15 is 0 Å². The fraction of sp³-hybridized carbons (Fsp3) is 0.600. The first-order chi connectivity index (χ1) is 6.18. The van der Waals surface area contributed by atoms with Gasteiger partial charge in [-0.25, -0.2) is 0 Å². The largest absolute Gasteiger partial charge is 0.372 e. The first-order valence-electron chi connectivity index (χ1n) is 4.62. The lowest BCUT2D eigenvalue weighted by Gasteiger charge is -2.13. The quantitative estimate of drug-likeness (QED) is 0.748. The highest BCUT2D eigenvalue weighted by atomic mass is 32.1. The molecule has 1 aromatic heterocycles. The average molecular weight is 197 g/mol. The number of thiophene rings is 1. The summed E-state index contributed by atoms with van der Waals surface area (Å²) in [5, 5.41) is 0. The molecule has 1 saturated heterocycles. The predicted molar refractivity (Wildman–Crippen MR) is 55.1 cm³/mol. The molecule has 0 amide bonds. The van der Waals surface area contributed by atoms with Gasteiger partial charge in [0.25, 0.3) is 0 Å². The van der Waals surface area contributed by atoms with E-state index in [4.69, 9.17) is 10.5 Å². The highest BCUT2D eigenvalue weighted by molar-refractivity contribution is 7.12. The number of hydrogen-bond donors (Lipinski definition) is 1. The molecule has 1 aromatic rings. The van der Waals surface area contributed by atoms with E-state index in [1.54, 1.807) is 0 Å². The average Bonchev–Trinajstić information content (AvgIpc) is 2.58. The van der Waals surface area contributed by atoms with E-state index in [9.17, 15) is 0 Å². The van der Waals surface area contributed by atoms with Crippen LogP contribution in [0.3, 0.4) is 0 Å². The molecule has 72 valence electrons. The monoisotopic (exact) mass is 197 g/mol. The highest BCUT2D eigenvalue weighted by Gasteiger charge is 2.28. The minimum atomic E-state index is 0.143. The summed E-state index contributed by atoms with van der Waals surface area (Å²) in [6.07, 6.45) is 1.13. The van der Waals surface area contributed by atoms with E-state index in [0.717, 1.165) is 13.0 Å². The number of hydrogen-bond acceptors (Lipinski definition) is 3. The Morgan fingerprint density at radius 1 is 1.54 bits per heavy atom. The van der Waals surface area contributed by atoms with Crippen molar-refractivity contribution in [2.45, 2.75) is 32.4 Å². The third kappa shape index (κ3) is 1.64. The van der Waals surface area contributed by atoms with Crippen molar-refractivity contribution in [2.24, 2.45) is 5.73 Å². The van der Waals surface area contributed by atoms with E-state index in [2.05, 4.69) is 19.9 Å². The molecule has 0 spiro atoms. The van der Waals surface area contributed by atoms with Crippen LogP contribution in [0.5, 0.6) is 0 Å². The van der Waals surface area contributed by atoms with Crippen molar-refractivity contribution in [1.82, 2.24) is 0 Å². The molecule has 1 aliphatic rings. The summed E-state index contributed by atoms with van der Waals surface area (Å²) in [6.45, 7) is 5.07. The van der Waals surface area contributed by atoms with Gasteiger partial charge in [-0.15, -0.1) is 11.3 Å². The SMILES string of the molecule is Cc1cc(C2OCCC2N)c(C)s1. The van der Waals surface area contributed by atoms with Crippen LogP contribution in [0.25, 0.3) is 0 Å². The van der Waals surface area contributed by atoms with Crippen LogP contribution in [0.4, 0.5) is 0 Å². The van der Waals surface area contributed by atoms with Crippen LogP contribution in [0.15, 0.2) is 6.07 Å². The van der Waals surface area contributed by atoms with Gasteiger partial charge in [-0.05, 0) is 31.9 Å². The van der Waals surface area contributed by atoms with E-state index in [-0.39, 0.29) is 12.1 Å². The third-order valence-electron chi connectivity index (χ3n) is 2.52. The Hall–Kier alpha value is -0.380. The number of aryl methyl sites for hydroxylation is 2.